The number of anilines is 2. The molecule has 3 aromatic rings. The van der Waals surface area contributed by atoms with Gasteiger partial charge in [0.2, 0.25) is 0 Å². The first-order chi connectivity index (χ1) is 13.9. The fraction of sp³-hybridized carbons (Fsp3) is 0.227. The molecular weight excluding hydrogens is 404 g/mol. The predicted octanol–water partition coefficient (Wildman–Crippen LogP) is 4.62. The Balaban J connectivity index is 1.59. The van der Waals surface area contributed by atoms with Crippen LogP contribution in [0.4, 0.5) is 11.4 Å². The number of sulfonamides is 1. The van der Waals surface area contributed by atoms with Crippen molar-refractivity contribution in [1.29, 1.82) is 0 Å². The molecule has 0 saturated heterocycles. The minimum Gasteiger partial charge on any atom is -0.321 e. The normalized spacial score (nSPS) is 13.2. The van der Waals surface area contributed by atoms with Crippen LogP contribution in [0.25, 0.3) is 0 Å². The fourth-order valence-electron chi connectivity index (χ4n) is 3.56. The molecule has 0 atom stereocenters. The SMILES string of the molecule is Cc1ccc(S(=O)(=O)N(C)c2ccsc2C(=O)Nc2ccc3c(c2)CCC3)cc1. The van der Waals surface area contributed by atoms with Crippen LogP contribution in [-0.2, 0) is 22.9 Å². The number of hydrogen-bond acceptors (Lipinski definition) is 4. The molecule has 0 fully saturated rings. The Bertz CT molecular complexity index is 1170. The van der Waals surface area contributed by atoms with Crippen LogP contribution in [0.5, 0.6) is 0 Å². The van der Waals surface area contributed by atoms with Gasteiger partial charge in [-0.15, -0.1) is 11.3 Å². The van der Waals surface area contributed by atoms with Gasteiger partial charge < -0.3 is 5.32 Å². The first-order valence-electron chi connectivity index (χ1n) is 9.42. The highest BCUT2D eigenvalue weighted by Crippen LogP contribution is 2.31. The summed E-state index contributed by atoms with van der Waals surface area (Å²) in [5, 5.41) is 4.65. The summed E-state index contributed by atoms with van der Waals surface area (Å²) in [5.74, 6) is -0.307. The lowest BCUT2D eigenvalue weighted by molar-refractivity contribution is 0.103. The van der Waals surface area contributed by atoms with Crippen LogP contribution in [0, 0.1) is 6.92 Å². The third-order valence-electron chi connectivity index (χ3n) is 5.23. The van der Waals surface area contributed by atoms with Gasteiger partial charge in [-0.25, -0.2) is 8.42 Å². The molecule has 0 bridgehead atoms. The van der Waals surface area contributed by atoms with Crippen LogP contribution in [0.2, 0.25) is 0 Å². The summed E-state index contributed by atoms with van der Waals surface area (Å²) in [7, 11) is -2.28. The second-order valence-corrected chi connectivity index (χ2v) is 10.1. The minimum absolute atomic E-state index is 0.196. The Hall–Kier alpha value is -2.64. The molecule has 2 aromatic carbocycles. The maximum absolute atomic E-state index is 13.0. The van der Waals surface area contributed by atoms with E-state index in [1.807, 2.05) is 19.1 Å². The number of carbonyl (C=O) groups is 1. The Kier molecular flexibility index (Phi) is 5.19. The van der Waals surface area contributed by atoms with Gasteiger partial charge in [0.25, 0.3) is 15.9 Å². The Labute approximate surface area is 175 Å². The quantitative estimate of drug-likeness (QED) is 0.647. The molecule has 0 radical (unpaired) electrons. The van der Waals surface area contributed by atoms with Crippen molar-refractivity contribution < 1.29 is 13.2 Å². The molecule has 0 unspecified atom stereocenters. The number of amides is 1. The number of thiophene rings is 1. The zero-order valence-electron chi connectivity index (χ0n) is 16.3. The van der Waals surface area contributed by atoms with Crippen LogP contribution in [-0.4, -0.2) is 21.4 Å². The van der Waals surface area contributed by atoms with Gasteiger partial charge in [-0.3, -0.25) is 9.10 Å². The zero-order valence-corrected chi connectivity index (χ0v) is 17.9. The van der Waals surface area contributed by atoms with Crippen LogP contribution < -0.4 is 9.62 Å². The van der Waals surface area contributed by atoms with Crippen molar-refractivity contribution >= 4 is 38.6 Å². The van der Waals surface area contributed by atoms with E-state index in [2.05, 4.69) is 11.4 Å². The lowest BCUT2D eigenvalue weighted by atomic mass is 10.1. The monoisotopic (exact) mass is 426 g/mol. The summed E-state index contributed by atoms with van der Waals surface area (Å²) < 4.78 is 27.2. The maximum atomic E-state index is 13.0. The standard InChI is InChI=1S/C22H22N2O3S2/c1-15-6-10-19(11-7-15)29(26,27)24(2)20-12-13-28-21(20)22(25)23-18-9-8-16-4-3-5-17(16)14-18/h6-14H,3-5H2,1-2H3,(H,23,25). The lowest BCUT2D eigenvalue weighted by Crippen LogP contribution is -2.28. The molecular formula is C22H22N2O3S2. The fourth-order valence-corrected chi connectivity index (χ4v) is 5.64. The number of carbonyl (C=O) groups excluding carboxylic acids is 1. The van der Waals surface area contributed by atoms with Gasteiger partial charge in [0.15, 0.2) is 0 Å². The Morgan fingerprint density at radius 3 is 2.52 bits per heavy atom. The largest absolute Gasteiger partial charge is 0.321 e. The van der Waals surface area contributed by atoms with Crippen LogP contribution in [0.3, 0.4) is 0 Å². The molecule has 0 saturated carbocycles. The summed E-state index contributed by atoms with van der Waals surface area (Å²) in [4.78, 5) is 13.4. The van der Waals surface area contributed by atoms with E-state index in [1.54, 1.807) is 35.7 Å². The minimum atomic E-state index is -3.76. The highest BCUT2D eigenvalue weighted by atomic mass is 32.2. The van der Waals surface area contributed by atoms with Crippen LogP contribution >= 0.6 is 11.3 Å². The number of nitrogens with zero attached hydrogens (tertiary/aromatic N) is 1. The zero-order chi connectivity index (χ0) is 20.6. The van der Waals surface area contributed by atoms with E-state index in [1.165, 1.54) is 33.8 Å². The first kappa shape index (κ1) is 19.7. The van der Waals surface area contributed by atoms with Crippen molar-refractivity contribution in [2.45, 2.75) is 31.1 Å². The van der Waals surface area contributed by atoms with E-state index in [-0.39, 0.29) is 10.8 Å². The van der Waals surface area contributed by atoms with E-state index in [0.29, 0.717) is 10.6 Å². The molecule has 7 heteroatoms. The van der Waals surface area contributed by atoms with Crippen LogP contribution in [0.1, 0.15) is 32.8 Å². The van der Waals surface area contributed by atoms with Gasteiger partial charge in [0.1, 0.15) is 4.88 Å². The summed E-state index contributed by atoms with van der Waals surface area (Å²) in [6.07, 6.45) is 3.25. The molecule has 1 N–H and O–H groups in total. The molecule has 1 amide bonds. The average molecular weight is 427 g/mol. The van der Waals surface area contributed by atoms with Gasteiger partial charge in [-0.1, -0.05) is 23.8 Å². The Morgan fingerprint density at radius 2 is 1.76 bits per heavy atom. The number of hydrogen-bond donors (Lipinski definition) is 1. The van der Waals surface area contributed by atoms with E-state index in [4.69, 9.17) is 0 Å². The second kappa shape index (κ2) is 7.65. The van der Waals surface area contributed by atoms with E-state index in [0.717, 1.165) is 30.5 Å². The smallest absolute Gasteiger partial charge is 0.267 e. The molecule has 0 spiro atoms. The van der Waals surface area contributed by atoms with Crippen molar-refractivity contribution in [1.82, 2.24) is 0 Å². The highest BCUT2D eigenvalue weighted by molar-refractivity contribution is 7.92. The Morgan fingerprint density at radius 1 is 1.03 bits per heavy atom. The summed E-state index contributed by atoms with van der Waals surface area (Å²) in [5.41, 5.74) is 4.70. The number of fused-ring (bicyclic) bond motifs is 1. The van der Waals surface area contributed by atoms with E-state index < -0.39 is 10.0 Å². The summed E-state index contributed by atoms with van der Waals surface area (Å²) in [6.45, 7) is 1.90. The molecule has 150 valence electrons. The predicted molar refractivity (Wildman–Crippen MR) is 118 cm³/mol. The summed E-state index contributed by atoms with van der Waals surface area (Å²) >= 11 is 1.23. The van der Waals surface area contributed by atoms with Gasteiger partial charge in [-0.2, -0.15) is 0 Å². The highest BCUT2D eigenvalue weighted by Gasteiger charge is 2.26. The molecule has 29 heavy (non-hydrogen) atoms. The van der Waals surface area contributed by atoms with Crippen molar-refractivity contribution in [2.24, 2.45) is 0 Å². The molecule has 1 aliphatic rings. The lowest BCUT2D eigenvalue weighted by Gasteiger charge is -2.20. The summed E-state index contributed by atoms with van der Waals surface area (Å²) in [6, 6.07) is 14.3. The number of benzene rings is 2. The molecule has 4 rings (SSSR count). The number of rotatable bonds is 5. The van der Waals surface area contributed by atoms with Gasteiger partial charge >= 0.3 is 0 Å². The molecule has 1 aliphatic carbocycles. The van der Waals surface area contributed by atoms with Gasteiger partial charge in [0, 0.05) is 12.7 Å². The maximum Gasteiger partial charge on any atom is 0.267 e. The topological polar surface area (TPSA) is 66.5 Å². The molecule has 0 aliphatic heterocycles. The molecule has 1 aromatic heterocycles. The van der Waals surface area contributed by atoms with Crippen molar-refractivity contribution in [3.8, 4) is 0 Å². The van der Waals surface area contributed by atoms with E-state index >= 15 is 0 Å². The number of nitrogens with one attached hydrogen (secondary N) is 1. The van der Waals surface area contributed by atoms with Gasteiger partial charge in [-0.05, 0) is 73.0 Å². The second-order valence-electron chi connectivity index (χ2n) is 7.21. The van der Waals surface area contributed by atoms with Gasteiger partial charge in [0.05, 0.1) is 10.6 Å². The van der Waals surface area contributed by atoms with Crippen molar-refractivity contribution in [3.05, 3.63) is 75.5 Å². The third kappa shape index (κ3) is 3.80. The third-order valence-corrected chi connectivity index (χ3v) is 7.91. The average Bonchev–Trinajstić information content (AvgIpc) is 3.36. The molecule has 5 nitrogen and oxygen atoms in total. The number of aryl methyl sites for hydroxylation is 3. The first-order valence-corrected chi connectivity index (χ1v) is 11.7. The van der Waals surface area contributed by atoms with Crippen LogP contribution in [0.15, 0.2) is 58.8 Å². The molecule has 1 heterocycles. The van der Waals surface area contributed by atoms with Crippen molar-refractivity contribution in [2.75, 3.05) is 16.7 Å². The van der Waals surface area contributed by atoms with Crippen molar-refractivity contribution in [3.63, 3.8) is 0 Å². The van der Waals surface area contributed by atoms with E-state index in [9.17, 15) is 13.2 Å².